The van der Waals surface area contributed by atoms with Crippen molar-refractivity contribution >= 4 is 17.0 Å². The number of carbonyl (C=O) groups is 1. The largest absolute Gasteiger partial charge is 0.420 e. The third-order valence-corrected chi connectivity index (χ3v) is 3.61. The number of para-hydroxylation sites is 2. The second kappa shape index (κ2) is 5.51. The van der Waals surface area contributed by atoms with Gasteiger partial charge in [0, 0.05) is 13.2 Å². The van der Waals surface area contributed by atoms with E-state index in [1.54, 1.807) is 55.4 Å². The number of nitrogens with one attached hydrogen (secondary N) is 1. The number of H-pyrrole nitrogens is 1. The molecule has 1 N–H and O–H groups in total. The number of hydrogen-bond donors (Lipinski definition) is 1. The van der Waals surface area contributed by atoms with Crippen molar-refractivity contribution in [1.82, 2.24) is 19.7 Å². The monoisotopic (exact) mass is 300 g/mol. The molecule has 7 nitrogen and oxygen atoms in total. The Labute approximate surface area is 126 Å². The van der Waals surface area contributed by atoms with E-state index in [-0.39, 0.29) is 5.91 Å². The molecular formula is C15H16N4O3. The van der Waals surface area contributed by atoms with Gasteiger partial charge in [-0.1, -0.05) is 12.1 Å². The summed E-state index contributed by atoms with van der Waals surface area (Å²) in [5, 5.41) is 6.66. The maximum atomic E-state index is 12.6. The van der Waals surface area contributed by atoms with Gasteiger partial charge < -0.3 is 9.32 Å². The molecule has 0 fully saturated rings. The summed E-state index contributed by atoms with van der Waals surface area (Å²) in [5.41, 5.74) is 1.92. The number of carbonyl (C=O) groups excluding carboxylic acids is 1. The minimum Gasteiger partial charge on any atom is -0.408 e. The van der Waals surface area contributed by atoms with Crippen molar-refractivity contribution in [2.45, 2.75) is 19.5 Å². The summed E-state index contributed by atoms with van der Waals surface area (Å²) in [6.45, 7) is 2.09. The third kappa shape index (κ3) is 2.41. The molecule has 1 aromatic carbocycles. The fourth-order valence-corrected chi connectivity index (χ4v) is 2.49. The van der Waals surface area contributed by atoms with Crippen LogP contribution in [-0.4, -0.2) is 32.6 Å². The van der Waals surface area contributed by atoms with Gasteiger partial charge in [0.05, 0.1) is 17.8 Å². The highest BCUT2D eigenvalue weighted by Gasteiger charge is 2.24. The third-order valence-electron chi connectivity index (χ3n) is 3.61. The number of aromatic amines is 1. The van der Waals surface area contributed by atoms with Gasteiger partial charge in [-0.2, -0.15) is 5.10 Å². The van der Waals surface area contributed by atoms with E-state index in [0.29, 0.717) is 17.6 Å². The van der Waals surface area contributed by atoms with Crippen LogP contribution in [0.15, 0.2) is 45.7 Å². The predicted octanol–water partition coefficient (Wildman–Crippen LogP) is 1.54. The lowest BCUT2D eigenvalue weighted by atomic mass is 10.2. The molecule has 3 aromatic rings. The zero-order chi connectivity index (χ0) is 15.7. The van der Waals surface area contributed by atoms with E-state index >= 15 is 0 Å². The van der Waals surface area contributed by atoms with Crippen LogP contribution in [0.3, 0.4) is 0 Å². The van der Waals surface area contributed by atoms with Crippen molar-refractivity contribution in [2.24, 2.45) is 0 Å². The average Bonchev–Trinajstić information content (AvgIpc) is 3.12. The Morgan fingerprint density at radius 2 is 2.18 bits per heavy atom. The Morgan fingerprint density at radius 1 is 1.41 bits per heavy atom. The molecule has 2 heterocycles. The molecule has 0 spiro atoms. The summed E-state index contributed by atoms with van der Waals surface area (Å²) in [7, 11) is 1.69. The second-order valence-corrected chi connectivity index (χ2v) is 5.16. The maximum absolute atomic E-state index is 12.6. The van der Waals surface area contributed by atoms with Crippen LogP contribution in [0.4, 0.5) is 0 Å². The number of aromatic nitrogens is 3. The molecule has 1 amide bonds. The van der Waals surface area contributed by atoms with E-state index in [9.17, 15) is 9.59 Å². The first kappa shape index (κ1) is 14.1. The fourth-order valence-electron chi connectivity index (χ4n) is 2.49. The molecular weight excluding hydrogens is 284 g/mol. The van der Waals surface area contributed by atoms with Crippen LogP contribution in [0, 0.1) is 0 Å². The number of nitrogens with zero attached hydrogens (tertiary/aromatic N) is 3. The first-order valence-electron chi connectivity index (χ1n) is 6.91. The lowest BCUT2D eigenvalue weighted by molar-refractivity contribution is -0.133. The van der Waals surface area contributed by atoms with Crippen molar-refractivity contribution in [2.75, 3.05) is 7.05 Å². The quantitative estimate of drug-likeness (QED) is 0.792. The molecule has 0 aliphatic heterocycles. The predicted molar refractivity (Wildman–Crippen MR) is 80.2 cm³/mol. The van der Waals surface area contributed by atoms with E-state index in [0.717, 1.165) is 5.69 Å². The van der Waals surface area contributed by atoms with Crippen LogP contribution in [0.1, 0.15) is 18.7 Å². The van der Waals surface area contributed by atoms with Gasteiger partial charge in [-0.25, -0.2) is 4.79 Å². The molecule has 1 atom stereocenters. The SMILES string of the molecule is C[C@H](C(=O)N(C)Cc1ccn[nH]1)n1c(=O)oc2ccccc21. The van der Waals surface area contributed by atoms with Crippen LogP contribution in [0.2, 0.25) is 0 Å². The highest BCUT2D eigenvalue weighted by molar-refractivity contribution is 5.82. The first-order chi connectivity index (χ1) is 10.6. The minimum atomic E-state index is -0.649. The summed E-state index contributed by atoms with van der Waals surface area (Å²) in [6, 6.07) is 8.21. The van der Waals surface area contributed by atoms with Crippen LogP contribution >= 0.6 is 0 Å². The Morgan fingerprint density at radius 3 is 2.91 bits per heavy atom. The highest BCUT2D eigenvalue weighted by Crippen LogP contribution is 2.18. The summed E-state index contributed by atoms with van der Waals surface area (Å²) in [6.07, 6.45) is 1.63. The minimum absolute atomic E-state index is 0.178. The molecule has 114 valence electrons. The van der Waals surface area contributed by atoms with Gasteiger partial charge in [0.25, 0.3) is 0 Å². The number of oxazole rings is 1. The van der Waals surface area contributed by atoms with Crippen molar-refractivity contribution in [1.29, 1.82) is 0 Å². The molecule has 22 heavy (non-hydrogen) atoms. The van der Waals surface area contributed by atoms with Crippen LogP contribution in [0.5, 0.6) is 0 Å². The number of benzene rings is 1. The van der Waals surface area contributed by atoms with Crippen molar-refractivity contribution in [3.63, 3.8) is 0 Å². The number of amides is 1. The molecule has 2 aromatic heterocycles. The normalized spacial score (nSPS) is 12.5. The standard InChI is InChI=1S/C15H16N4O3/c1-10(14(20)18(2)9-11-7-8-16-17-11)19-12-5-3-4-6-13(12)22-15(19)21/h3-8,10H,9H2,1-2H3,(H,16,17)/t10-/m1/s1. The zero-order valence-electron chi connectivity index (χ0n) is 12.3. The van der Waals surface area contributed by atoms with Crippen molar-refractivity contribution in [3.8, 4) is 0 Å². The fraction of sp³-hybridized carbons (Fsp3) is 0.267. The van der Waals surface area contributed by atoms with Gasteiger partial charge in [0.1, 0.15) is 6.04 Å². The molecule has 0 bridgehead atoms. The van der Waals surface area contributed by atoms with Gasteiger partial charge >= 0.3 is 5.76 Å². The van der Waals surface area contributed by atoms with Crippen molar-refractivity contribution in [3.05, 3.63) is 52.8 Å². The van der Waals surface area contributed by atoms with E-state index in [4.69, 9.17) is 4.42 Å². The average molecular weight is 300 g/mol. The molecule has 0 saturated carbocycles. The smallest absolute Gasteiger partial charge is 0.408 e. The van der Waals surface area contributed by atoms with E-state index in [2.05, 4.69) is 10.2 Å². The summed E-state index contributed by atoms with van der Waals surface area (Å²) in [5.74, 6) is -0.708. The van der Waals surface area contributed by atoms with E-state index in [1.807, 2.05) is 0 Å². The highest BCUT2D eigenvalue weighted by atomic mass is 16.4. The number of fused-ring (bicyclic) bond motifs is 1. The maximum Gasteiger partial charge on any atom is 0.420 e. The summed E-state index contributed by atoms with van der Waals surface area (Å²) < 4.78 is 6.55. The van der Waals surface area contributed by atoms with Crippen LogP contribution in [-0.2, 0) is 11.3 Å². The number of likely N-dealkylation sites (N-methyl/N-ethyl adjacent to an activating group) is 1. The topological polar surface area (TPSA) is 84.1 Å². The lowest BCUT2D eigenvalue weighted by Gasteiger charge is -2.21. The summed E-state index contributed by atoms with van der Waals surface area (Å²) in [4.78, 5) is 26.1. The Kier molecular flexibility index (Phi) is 3.54. The molecule has 7 heteroatoms. The molecule has 0 saturated heterocycles. The zero-order valence-corrected chi connectivity index (χ0v) is 12.3. The van der Waals surface area contributed by atoms with Gasteiger partial charge in [-0.3, -0.25) is 14.5 Å². The number of hydrogen-bond acceptors (Lipinski definition) is 4. The molecule has 0 aliphatic rings. The second-order valence-electron chi connectivity index (χ2n) is 5.16. The Balaban J connectivity index is 1.88. The number of rotatable bonds is 4. The van der Waals surface area contributed by atoms with Crippen LogP contribution < -0.4 is 5.76 Å². The Hall–Kier alpha value is -2.83. The Bertz CT molecular complexity index is 847. The molecule has 0 unspecified atom stereocenters. The lowest BCUT2D eigenvalue weighted by Crippen LogP contribution is -2.35. The molecule has 0 aliphatic carbocycles. The van der Waals surface area contributed by atoms with E-state index in [1.165, 1.54) is 4.57 Å². The van der Waals surface area contributed by atoms with Gasteiger partial charge in [0.2, 0.25) is 5.91 Å². The molecule has 0 radical (unpaired) electrons. The summed E-state index contributed by atoms with van der Waals surface area (Å²) >= 11 is 0. The van der Waals surface area contributed by atoms with Crippen LogP contribution in [0.25, 0.3) is 11.1 Å². The molecule has 3 rings (SSSR count). The van der Waals surface area contributed by atoms with Crippen molar-refractivity contribution < 1.29 is 9.21 Å². The van der Waals surface area contributed by atoms with Gasteiger partial charge in [-0.05, 0) is 25.1 Å². The first-order valence-corrected chi connectivity index (χ1v) is 6.91. The van der Waals surface area contributed by atoms with E-state index < -0.39 is 11.8 Å². The van der Waals surface area contributed by atoms with Gasteiger partial charge in [0.15, 0.2) is 5.58 Å². The van der Waals surface area contributed by atoms with Gasteiger partial charge in [-0.15, -0.1) is 0 Å².